The van der Waals surface area contributed by atoms with Gasteiger partial charge in [0.25, 0.3) is 0 Å². The lowest BCUT2D eigenvalue weighted by Gasteiger charge is -2.49. The van der Waals surface area contributed by atoms with Gasteiger partial charge < -0.3 is 105 Å². The number of aliphatic hydroxyl groups excluding tert-OH is 10. The number of hydrogen-bond donors (Lipinski definition) is 14. The molecule has 4 heterocycles. The van der Waals surface area contributed by atoms with Crippen molar-refractivity contribution in [3.05, 3.63) is 0 Å². The van der Waals surface area contributed by atoms with Gasteiger partial charge >= 0.3 is 11.9 Å². The number of aliphatic hydroxyl groups is 10. The number of amides is 2. The highest BCUT2D eigenvalue weighted by atomic mass is 16.8. The highest BCUT2D eigenvalue weighted by Crippen LogP contribution is 2.34. The number of carboxylic acids is 2. The maximum absolute atomic E-state index is 12.4. The Labute approximate surface area is 298 Å². The van der Waals surface area contributed by atoms with Crippen molar-refractivity contribution in [3.63, 3.8) is 0 Å². The van der Waals surface area contributed by atoms with E-state index in [1.165, 1.54) is 0 Å². The van der Waals surface area contributed by atoms with E-state index in [9.17, 15) is 80.5 Å². The molecule has 0 unspecified atom stereocenters. The van der Waals surface area contributed by atoms with Crippen LogP contribution < -0.4 is 10.6 Å². The summed E-state index contributed by atoms with van der Waals surface area (Å²) in [5.74, 6) is -5.24. The smallest absolute Gasteiger partial charge is 0.335 e. The lowest BCUT2D eigenvalue weighted by atomic mass is 9.94. The van der Waals surface area contributed by atoms with E-state index in [2.05, 4.69) is 10.6 Å². The first-order chi connectivity index (χ1) is 24.8. The molecule has 4 saturated heterocycles. The van der Waals surface area contributed by atoms with Crippen LogP contribution in [0.2, 0.25) is 0 Å². The zero-order valence-electron chi connectivity index (χ0n) is 27.8. The zero-order chi connectivity index (χ0) is 39.6. The molecule has 4 aliphatic heterocycles. The molecular formula is C28H44N2O23. The third-order valence-electron chi connectivity index (χ3n) is 8.94. The maximum Gasteiger partial charge on any atom is 0.335 e. The summed E-state index contributed by atoms with van der Waals surface area (Å²) in [6.45, 7) is 0.0951. The fourth-order valence-electron chi connectivity index (χ4n) is 6.30. The molecule has 20 atom stereocenters. The van der Waals surface area contributed by atoms with Gasteiger partial charge in [-0.05, 0) is 0 Å². The van der Waals surface area contributed by atoms with Crippen molar-refractivity contribution in [3.8, 4) is 0 Å². The van der Waals surface area contributed by atoms with Crippen LogP contribution in [0.25, 0.3) is 0 Å². The number of ether oxygens (including phenoxy) is 7. The standard InChI is InChI=1S/C28H44N2O23/c1-5(33)29-9-12(36)18(8(4-32)47-25(9)46)49-28-17(41)15(39)20(22(53-28)24(44)45)51-26-10(30-6(2)34)19(11(35)7(3-31)48-26)50-27-16(40)13(37)14(38)21(52-27)23(42)43/h7-22,25-28,31-32,35-41,46H,3-4H2,1-2H3,(H,29,33)(H,30,34)(H,42,43)(H,44,45)/t7-,8-,9-,10-,11-,12-,13+,14+,15-,16-,17-,18-,19-,20+,21+,22+,25-,26+,27-,28-/m1/s1. The number of hydrogen-bond acceptors (Lipinski definition) is 21. The lowest BCUT2D eigenvalue weighted by molar-refractivity contribution is -0.370. The minimum Gasteiger partial charge on any atom is -0.479 e. The lowest BCUT2D eigenvalue weighted by Crippen LogP contribution is -2.70. The Balaban J connectivity index is 1.60. The molecule has 304 valence electrons. The molecule has 0 aliphatic carbocycles. The number of nitrogens with one attached hydrogen (secondary N) is 2. The largest absolute Gasteiger partial charge is 0.479 e. The first-order valence-electron chi connectivity index (χ1n) is 16.1. The van der Waals surface area contributed by atoms with E-state index in [4.69, 9.17) is 33.2 Å². The van der Waals surface area contributed by atoms with Gasteiger partial charge in [-0.25, -0.2) is 9.59 Å². The Morgan fingerprint density at radius 2 is 1.00 bits per heavy atom. The molecule has 14 N–H and O–H groups in total. The number of carbonyl (C=O) groups is 4. The second-order valence-electron chi connectivity index (χ2n) is 12.7. The Morgan fingerprint density at radius 1 is 0.509 bits per heavy atom. The van der Waals surface area contributed by atoms with Crippen LogP contribution in [0.5, 0.6) is 0 Å². The van der Waals surface area contributed by atoms with Gasteiger partial charge in [0.1, 0.15) is 85.3 Å². The van der Waals surface area contributed by atoms with Gasteiger partial charge in [-0.2, -0.15) is 0 Å². The van der Waals surface area contributed by atoms with Crippen molar-refractivity contribution in [2.45, 2.75) is 137 Å². The van der Waals surface area contributed by atoms with E-state index < -0.39 is 160 Å². The summed E-state index contributed by atoms with van der Waals surface area (Å²) in [6, 6.07) is -3.34. The molecular weight excluding hydrogens is 732 g/mol. The first-order valence-corrected chi connectivity index (χ1v) is 16.1. The Morgan fingerprint density at radius 3 is 1.53 bits per heavy atom. The van der Waals surface area contributed by atoms with E-state index >= 15 is 0 Å². The second kappa shape index (κ2) is 17.8. The highest BCUT2D eigenvalue weighted by molar-refractivity contribution is 5.74. The Hall–Kier alpha value is -2.80. The van der Waals surface area contributed by atoms with Gasteiger partial charge in [-0.3, -0.25) is 9.59 Å². The molecule has 53 heavy (non-hydrogen) atoms. The van der Waals surface area contributed by atoms with Crippen molar-refractivity contribution >= 4 is 23.8 Å². The van der Waals surface area contributed by atoms with E-state index in [0.29, 0.717) is 0 Å². The number of aliphatic carboxylic acids is 2. The number of carbonyl (C=O) groups excluding carboxylic acids is 2. The molecule has 0 radical (unpaired) electrons. The monoisotopic (exact) mass is 776 g/mol. The van der Waals surface area contributed by atoms with E-state index in [1.807, 2.05) is 0 Å². The summed E-state index contributed by atoms with van der Waals surface area (Å²) in [5, 5.41) is 129. The Bertz CT molecular complexity index is 1300. The fourth-order valence-corrected chi connectivity index (χ4v) is 6.30. The quantitative estimate of drug-likeness (QED) is 0.0875. The van der Waals surface area contributed by atoms with Crippen LogP contribution in [-0.4, -0.2) is 221 Å². The molecule has 0 bridgehead atoms. The van der Waals surface area contributed by atoms with Gasteiger partial charge in [0.15, 0.2) is 37.4 Å². The molecule has 0 spiro atoms. The average Bonchev–Trinajstić information content (AvgIpc) is 3.08. The molecule has 4 rings (SSSR count). The van der Waals surface area contributed by atoms with Crippen LogP contribution in [0.1, 0.15) is 13.8 Å². The average molecular weight is 777 g/mol. The van der Waals surface area contributed by atoms with Gasteiger partial charge in [0, 0.05) is 13.8 Å². The summed E-state index contributed by atoms with van der Waals surface area (Å²) >= 11 is 0. The third kappa shape index (κ3) is 9.19. The van der Waals surface area contributed by atoms with Crippen LogP contribution >= 0.6 is 0 Å². The molecule has 0 aromatic carbocycles. The molecule has 25 heteroatoms. The molecule has 2 amide bonds. The van der Waals surface area contributed by atoms with Crippen LogP contribution in [0.3, 0.4) is 0 Å². The van der Waals surface area contributed by atoms with Gasteiger partial charge in [-0.15, -0.1) is 0 Å². The maximum atomic E-state index is 12.4. The summed E-state index contributed by atoms with van der Waals surface area (Å²) in [7, 11) is 0. The van der Waals surface area contributed by atoms with Gasteiger partial charge in [-0.1, -0.05) is 0 Å². The van der Waals surface area contributed by atoms with Crippen molar-refractivity contribution in [2.24, 2.45) is 0 Å². The molecule has 25 nitrogen and oxygen atoms in total. The summed E-state index contributed by atoms with van der Waals surface area (Å²) in [6.07, 6.45) is -36.4. The summed E-state index contributed by atoms with van der Waals surface area (Å²) in [4.78, 5) is 48.0. The van der Waals surface area contributed by atoms with Crippen LogP contribution in [0.4, 0.5) is 0 Å². The van der Waals surface area contributed by atoms with Gasteiger partial charge in [0.2, 0.25) is 11.8 Å². The molecule has 0 aromatic rings. The van der Waals surface area contributed by atoms with Crippen molar-refractivity contribution in [1.82, 2.24) is 10.6 Å². The molecule has 0 saturated carbocycles. The van der Waals surface area contributed by atoms with E-state index in [-0.39, 0.29) is 0 Å². The Kier molecular flexibility index (Phi) is 14.4. The van der Waals surface area contributed by atoms with Crippen molar-refractivity contribution in [1.29, 1.82) is 0 Å². The second-order valence-corrected chi connectivity index (χ2v) is 12.7. The van der Waals surface area contributed by atoms with E-state index in [0.717, 1.165) is 13.8 Å². The minimum atomic E-state index is -2.29. The topological polar surface area (TPSA) is 400 Å². The van der Waals surface area contributed by atoms with Crippen LogP contribution in [0, 0.1) is 0 Å². The summed E-state index contributed by atoms with van der Waals surface area (Å²) in [5.41, 5.74) is 0. The molecule has 0 aromatic heterocycles. The predicted octanol–water partition coefficient (Wildman–Crippen LogP) is -9.28. The number of carboxylic acid groups (broad SMARTS) is 2. The van der Waals surface area contributed by atoms with Crippen LogP contribution in [0.15, 0.2) is 0 Å². The molecule has 4 fully saturated rings. The molecule has 4 aliphatic rings. The minimum absolute atomic E-state index is 0.720. The number of rotatable bonds is 12. The zero-order valence-corrected chi connectivity index (χ0v) is 27.8. The highest BCUT2D eigenvalue weighted by Gasteiger charge is 2.57. The first kappa shape index (κ1) is 42.9. The van der Waals surface area contributed by atoms with E-state index in [1.54, 1.807) is 0 Å². The van der Waals surface area contributed by atoms with Gasteiger partial charge in [0.05, 0.1) is 13.2 Å². The van der Waals surface area contributed by atoms with Crippen LogP contribution in [-0.2, 0) is 52.3 Å². The fraction of sp³-hybridized carbons (Fsp3) is 0.857. The predicted molar refractivity (Wildman–Crippen MR) is 158 cm³/mol. The normalized spacial score (nSPS) is 46.3. The third-order valence-corrected chi connectivity index (χ3v) is 8.94. The van der Waals surface area contributed by atoms with Crippen molar-refractivity contribution < 1.29 is 114 Å². The summed E-state index contributed by atoms with van der Waals surface area (Å²) < 4.78 is 38.1. The van der Waals surface area contributed by atoms with Crippen molar-refractivity contribution in [2.75, 3.05) is 13.2 Å². The SMILES string of the molecule is CC(=O)N[C@@H]1[C@@H](O)[C@H](O[C@@H]2O[C@H](C(=O)O)[C@@H](O[C@@H]3O[C@H](CO)[C@@H](O)[C@H](O[C@@H]4O[C@H](C(=O)O)[C@@H](O)[C@H](O)[C@H]4O)[C@H]3NC(C)=O)[C@H](O)[C@H]2O)[C@@H](CO)O[C@H]1O.